The third kappa shape index (κ3) is 4.52. The van der Waals surface area contributed by atoms with Crippen molar-refractivity contribution in [2.45, 2.75) is 0 Å². The molecule has 0 bridgehead atoms. The second-order valence-corrected chi connectivity index (χ2v) is 4.95. The molecule has 0 unspecified atom stereocenters. The van der Waals surface area contributed by atoms with Crippen LogP contribution in [0.15, 0.2) is 38.0 Å². The van der Waals surface area contributed by atoms with Gasteiger partial charge in [0.25, 0.3) is 0 Å². The molecular weight excluding hydrogens is 139 g/mol. The van der Waals surface area contributed by atoms with Gasteiger partial charge in [0, 0.05) is 7.92 Å². The van der Waals surface area contributed by atoms with Crippen LogP contribution in [0.2, 0.25) is 0 Å². The third-order valence-corrected chi connectivity index (χ3v) is 3.90. The molecule has 0 amide bonds. The minimum absolute atomic E-state index is 0.252. The summed E-state index contributed by atoms with van der Waals surface area (Å²) in [5.41, 5.74) is 0. The van der Waals surface area contributed by atoms with E-state index in [1.54, 1.807) is 0 Å². The zero-order valence-corrected chi connectivity index (χ0v) is 7.47. The zero-order valence-electron chi connectivity index (χ0n) is 6.47. The maximum atomic E-state index is 3.72. The topological polar surface area (TPSA) is 0 Å². The van der Waals surface area contributed by atoms with Gasteiger partial charge in [-0.3, -0.25) is 0 Å². The van der Waals surface area contributed by atoms with E-state index >= 15 is 0 Å². The summed E-state index contributed by atoms with van der Waals surface area (Å²) >= 11 is 0. The molecule has 0 aromatic heterocycles. The van der Waals surface area contributed by atoms with Gasteiger partial charge in [0.1, 0.15) is 0 Å². The minimum Gasteiger partial charge on any atom is -0.0995 e. The van der Waals surface area contributed by atoms with Gasteiger partial charge in [-0.05, 0) is 0 Å². The van der Waals surface area contributed by atoms with Crippen molar-refractivity contribution in [2.75, 3.05) is 18.5 Å². The highest BCUT2D eigenvalue weighted by molar-refractivity contribution is 7.58. The van der Waals surface area contributed by atoms with Crippen LogP contribution in [0.1, 0.15) is 0 Å². The van der Waals surface area contributed by atoms with Crippen molar-refractivity contribution in [2.24, 2.45) is 0 Å². The molecule has 1 heteroatoms. The van der Waals surface area contributed by atoms with E-state index in [0.29, 0.717) is 0 Å². The lowest BCUT2D eigenvalue weighted by Crippen LogP contribution is -1.87. The number of hydrogen-bond donors (Lipinski definition) is 0. The first-order chi connectivity index (χ1) is 4.85. The molecule has 0 aromatic rings. The summed E-state index contributed by atoms with van der Waals surface area (Å²) in [5.74, 6) is 0. The molecule has 0 radical (unpaired) electrons. The van der Waals surface area contributed by atoms with Gasteiger partial charge in [-0.1, -0.05) is 38.0 Å². The van der Waals surface area contributed by atoms with Gasteiger partial charge in [-0.2, -0.15) is 0 Å². The number of allylic oxidation sites excluding steroid dienone is 3. The van der Waals surface area contributed by atoms with Crippen LogP contribution >= 0.6 is 7.92 Å². The molecule has 10 heavy (non-hydrogen) atoms. The number of hydrogen-bond acceptors (Lipinski definition) is 0. The first-order valence-electron chi connectivity index (χ1n) is 3.51. The van der Waals surface area contributed by atoms with Crippen LogP contribution in [-0.4, -0.2) is 18.5 Å². The van der Waals surface area contributed by atoms with Crippen LogP contribution in [-0.2, 0) is 0 Å². The van der Waals surface area contributed by atoms with Gasteiger partial charge < -0.3 is 0 Å². The predicted octanol–water partition coefficient (Wildman–Crippen LogP) is 2.76. The lowest BCUT2D eigenvalue weighted by molar-refractivity contribution is 1.59. The molecule has 0 rings (SSSR count). The molecule has 0 spiro atoms. The van der Waals surface area contributed by atoms with Crippen molar-refractivity contribution in [3.8, 4) is 0 Å². The molecule has 0 aliphatic carbocycles. The van der Waals surface area contributed by atoms with Crippen molar-refractivity contribution in [3.05, 3.63) is 38.0 Å². The first kappa shape index (κ1) is 9.65. The normalized spacial score (nSPS) is 9.30. The average molecular weight is 155 g/mol. The second-order valence-electron chi connectivity index (χ2n) is 2.23. The van der Waals surface area contributed by atoms with Gasteiger partial charge in [-0.25, -0.2) is 0 Å². The molecule has 0 atom stereocenters. The van der Waals surface area contributed by atoms with E-state index in [9.17, 15) is 0 Å². The Morgan fingerprint density at radius 3 is 1.30 bits per heavy atom. The molecule has 0 saturated heterocycles. The van der Waals surface area contributed by atoms with E-state index in [1.165, 1.54) is 18.5 Å². The van der Waals surface area contributed by atoms with E-state index in [4.69, 9.17) is 0 Å². The smallest absolute Gasteiger partial charge is 0.0754 e. The Morgan fingerprint density at radius 2 is 1.10 bits per heavy atom. The fraction of sp³-hybridized carbons (Fsp3) is 0.333. The third-order valence-electron chi connectivity index (χ3n) is 1.30. The predicted molar refractivity (Wildman–Crippen MR) is 53.5 cm³/mol. The lowest BCUT2D eigenvalue weighted by Gasteiger charge is -2.00. The summed E-state index contributed by atoms with van der Waals surface area (Å²) in [6, 6.07) is 0. The van der Waals surface area contributed by atoms with Crippen LogP contribution in [0.4, 0.5) is 0 Å². The Kier molecular flexibility index (Phi) is 6.53. The molecule has 0 aliphatic heterocycles. The Balaban J connectivity index is 3.58. The Labute approximate surface area is 65.1 Å². The van der Waals surface area contributed by atoms with E-state index < -0.39 is 0 Å². The van der Waals surface area contributed by atoms with E-state index in [2.05, 4.69) is 19.7 Å². The molecule has 0 nitrogen and oxygen atoms in total. The lowest BCUT2D eigenvalue weighted by atomic mass is 10.7. The van der Waals surface area contributed by atoms with Crippen molar-refractivity contribution < 1.29 is 0 Å². The monoisotopic (exact) mass is 155 g/mol. The largest absolute Gasteiger partial charge is 0.0995 e. The second kappa shape index (κ2) is 6.77. The molecule has 0 fully saturated rings. The molecule has 0 aromatic carbocycles. The van der Waals surface area contributed by atoms with Gasteiger partial charge in [0.2, 0.25) is 0 Å². The Bertz CT molecular complexity index is 92.1. The highest BCUT2D eigenvalue weighted by atomic mass is 31.1. The van der Waals surface area contributed by atoms with Crippen LogP contribution in [0.25, 0.3) is 0 Å². The summed E-state index contributed by atoms with van der Waals surface area (Å²) in [7, 11) is -0.252. The van der Waals surface area contributed by atoms with Crippen LogP contribution < -0.4 is 0 Å². The fourth-order valence-corrected chi connectivity index (χ4v) is 2.59. The van der Waals surface area contributed by atoms with Crippen molar-refractivity contribution in [1.82, 2.24) is 0 Å². The van der Waals surface area contributed by atoms with Crippen molar-refractivity contribution in [1.29, 1.82) is 0 Å². The van der Waals surface area contributed by atoms with Crippen molar-refractivity contribution in [3.63, 3.8) is 0 Å². The standard InChI is InChI=1S/C9H15P/c1-4-7-10(8-5-2)9-6-3/h4-6H,1-3,7-9H2/p+1. The summed E-state index contributed by atoms with van der Waals surface area (Å²) in [6.45, 7) is 11.2. The Morgan fingerprint density at radius 1 is 0.800 bits per heavy atom. The molecule has 0 saturated carbocycles. The minimum atomic E-state index is -0.252. The highest BCUT2D eigenvalue weighted by Crippen LogP contribution is 2.34. The summed E-state index contributed by atoms with van der Waals surface area (Å²) in [5, 5.41) is 0. The first-order valence-corrected chi connectivity index (χ1v) is 5.63. The highest BCUT2D eigenvalue weighted by Gasteiger charge is 2.07. The maximum absolute atomic E-state index is 3.72. The van der Waals surface area contributed by atoms with Crippen LogP contribution in [0, 0.1) is 0 Å². The molecule has 56 valence electrons. The van der Waals surface area contributed by atoms with Gasteiger partial charge in [0.15, 0.2) is 0 Å². The molecular formula is C9H16P+. The van der Waals surface area contributed by atoms with E-state index in [1.807, 2.05) is 18.2 Å². The van der Waals surface area contributed by atoms with Crippen molar-refractivity contribution >= 4 is 7.92 Å². The summed E-state index contributed by atoms with van der Waals surface area (Å²) < 4.78 is 0. The van der Waals surface area contributed by atoms with Gasteiger partial charge >= 0.3 is 0 Å². The van der Waals surface area contributed by atoms with Crippen LogP contribution in [0.5, 0.6) is 0 Å². The quantitative estimate of drug-likeness (QED) is 0.408. The molecule has 0 aliphatic rings. The average Bonchev–Trinajstić information content (AvgIpc) is 1.90. The van der Waals surface area contributed by atoms with E-state index in [0.717, 1.165) is 0 Å². The van der Waals surface area contributed by atoms with Gasteiger partial charge in [0.05, 0.1) is 18.5 Å². The maximum Gasteiger partial charge on any atom is 0.0754 e. The molecule has 0 N–H and O–H groups in total. The molecule has 0 heterocycles. The SMILES string of the molecule is C=CC[PH+](CC=C)CC=C. The fourth-order valence-electron chi connectivity index (χ4n) is 0.862. The Hall–Kier alpha value is -0.350. The van der Waals surface area contributed by atoms with Gasteiger partial charge in [-0.15, -0.1) is 0 Å². The van der Waals surface area contributed by atoms with Crippen LogP contribution in [0.3, 0.4) is 0 Å². The van der Waals surface area contributed by atoms with E-state index in [-0.39, 0.29) is 7.92 Å². The zero-order chi connectivity index (χ0) is 7.82. The summed E-state index contributed by atoms with van der Waals surface area (Å²) in [4.78, 5) is 0. The number of rotatable bonds is 6. The summed E-state index contributed by atoms with van der Waals surface area (Å²) in [6.07, 6.45) is 9.51.